The Bertz CT molecular complexity index is 1090. The number of para-hydroxylation sites is 2. The summed E-state index contributed by atoms with van der Waals surface area (Å²) >= 11 is 1.61. The van der Waals surface area contributed by atoms with Crippen molar-refractivity contribution in [3.63, 3.8) is 0 Å². The number of nitrogens with one attached hydrogen (secondary N) is 1. The minimum absolute atomic E-state index is 0.0801. The second kappa shape index (κ2) is 7.75. The lowest BCUT2D eigenvalue weighted by Crippen LogP contribution is -2.28. The van der Waals surface area contributed by atoms with Gasteiger partial charge in [-0.1, -0.05) is 19.1 Å². The number of rotatable bonds is 5. The van der Waals surface area contributed by atoms with Crippen LogP contribution in [0.2, 0.25) is 0 Å². The highest BCUT2D eigenvalue weighted by molar-refractivity contribution is 7.18. The first-order chi connectivity index (χ1) is 13.6. The maximum atomic E-state index is 13.0. The van der Waals surface area contributed by atoms with Crippen LogP contribution in [0.5, 0.6) is 5.75 Å². The van der Waals surface area contributed by atoms with Gasteiger partial charge in [0.15, 0.2) is 0 Å². The van der Waals surface area contributed by atoms with E-state index in [0.29, 0.717) is 29.3 Å². The summed E-state index contributed by atoms with van der Waals surface area (Å²) in [5.41, 5.74) is 1.59. The van der Waals surface area contributed by atoms with Crippen molar-refractivity contribution in [2.45, 2.75) is 39.7 Å². The van der Waals surface area contributed by atoms with Gasteiger partial charge in [-0.05, 0) is 49.8 Å². The number of benzene rings is 1. The third kappa shape index (κ3) is 3.54. The van der Waals surface area contributed by atoms with Crippen molar-refractivity contribution in [3.05, 3.63) is 51.4 Å². The van der Waals surface area contributed by atoms with Crippen molar-refractivity contribution in [2.24, 2.45) is 5.92 Å². The van der Waals surface area contributed by atoms with Crippen molar-refractivity contribution in [1.29, 1.82) is 0 Å². The number of amides is 1. The van der Waals surface area contributed by atoms with Gasteiger partial charge in [0.25, 0.3) is 5.56 Å². The van der Waals surface area contributed by atoms with Gasteiger partial charge in [-0.2, -0.15) is 0 Å². The van der Waals surface area contributed by atoms with Gasteiger partial charge in [-0.3, -0.25) is 14.2 Å². The number of aryl methyl sites for hydroxylation is 1. The van der Waals surface area contributed by atoms with E-state index in [2.05, 4.69) is 17.2 Å². The van der Waals surface area contributed by atoms with Crippen molar-refractivity contribution in [1.82, 2.24) is 9.55 Å². The number of aromatic nitrogens is 2. The molecule has 0 spiro atoms. The molecule has 2 heterocycles. The van der Waals surface area contributed by atoms with Gasteiger partial charge >= 0.3 is 0 Å². The molecule has 4 rings (SSSR count). The van der Waals surface area contributed by atoms with Gasteiger partial charge in [0.05, 0.1) is 24.0 Å². The van der Waals surface area contributed by atoms with Crippen molar-refractivity contribution < 1.29 is 9.53 Å². The molecule has 1 atom stereocenters. The summed E-state index contributed by atoms with van der Waals surface area (Å²) in [6, 6.07) is 7.27. The second-order valence-corrected chi connectivity index (χ2v) is 8.27. The van der Waals surface area contributed by atoms with Crippen LogP contribution < -0.4 is 15.6 Å². The van der Waals surface area contributed by atoms with E-state index >= 15 is 0 Å². The fraction of sp³-hybridized carbons (Fsp3) is 0.381. The van der Waals surface area contributed by atoms with Gasteiger partial charge in [0, 0.05) is 4.88 Å². The van der Waals surface area contributed by atoms with Crippen molar-refractivity contribution >= 4 is 33.1 Å². The molecule has 1 N–H and O–H groups in total. The molecule has 7 heteroatoms. The standard InChI is InChI=1S/C21H23N3O3S/c1-3-27-16-7-5-4-6-15(16)23-18(25)11-24-12-22-20-19(21(24)26)14-9-8-13(2)10-17(14)28-20/h4-7,12-13H,3,8-11H2,1-2H3,(H,23,25)/t13-/m1/s1. The molecule has 146 valence electrons. The molecule has 3 aromatic rings. The molecule has 1 amide bonds. The fourth-order valence-electron chi connectivity index (χ4n) is 3.67. The lowest BCUT2D eigenvalue weighted by atomic mass is 9.89. The summed E-state index contributed by atoms with van der Waals surface area (Å²) in [5, 5.41) is 3.52. The summed E-state index contributed by atoms with van der Waals surface area (Å²) in [6.07, 6.45) is 4.47. The number of thiophene rings is 1. The molecule has 0 aliphatic heterocycles. The van der Waals surface area contributed by atoms with Crippen molar-refractivity contribution in [3.8, 4) is 5.75 Å². The molecule has 0 unspecified atom stereocenters. The first-order valence-corrected chi connectivity index (χ1v) is 10.4. The topological polar surface area (TPSA) is 73.2 Å². The Hall–Kier alpha value is -2.67. The molecular weight excluding hydrogens is 374 g/mol. The number of carbonyl (C=O) groups is 1. The quantitative estimate of drug-likeness (QED) is 0.714. The van der Waals surface area contributed by atoms with Crippen LogP contribution in [0.1, 0.15) is 30.7 Å². The van der Waals surface area contributed by atoms with E-state index in [0.717, 1.165) is 29.7 Å². The van der Waals surface area contributed by atoms with Gasteiger partial charge < -0.3 is 10.1 Å². The Labute approximate surface area is 167 Å². The molecule has 0 bridgehead atoms. The van der Waals surface area contributed by atoms with Crippen molar-refractivity contribution in [2.75, 3.05) is 11.9 Å². The summed E-state index contributed by atoms with van der Waals surface area (Å²) in [5.74, 6) is 0.965. The lowest BCUT2D eigenvalue weighted by Gasteiger charge is -2.17. The van der Waals surface area contributed by atoms with E-state index in [9.17, 15) is 9.59 Å². The Kier molecular flexibility index (Phi) is 5.17. The fourth-order valence-corrected chi connectivity index (χ4v) is 5.02. The first kappa shape index (κ1) is 18.7. The van der Waals surface area contributed by atoms with E-state index in [1.165, 1.54) is 15.8 Å². The highest BCUT2D eigenvalue weighted by Gasteiger charge is 2.23. The minimum atomic E-state index is -0.284. The summed E-state index contributed by atoms with van der Waals surface area (Å²) in [4.78, 5) is 32.1. The number of anilines is 1. The predicted molar refractivity (Wildman–Crippen MR) is 111 cm³/mol. The molecule has 1 aromatic carbocycles. The first-order valence-electron chi connectivity index (χ1n) is 9.58. The number of hydrogen-bond acceptors (Lipinski definition) is 5. The highest BCUT2D eigenvalue weighted by atomic mass is 32.1. The molecular formula is C21H23N3O3S. The van der Waals surface area contributed by atoms with Crippen LogP contribution in [0, 0.1) is 5.92 Å². The van der Waals surface area contributed by atoms with Crippen LogP contribution in [0.25, 0.3) is 10.2 Å². The van der Waals surface area contributed by atoms with Crippen LogP contribution in [0.4, 0.5) is 5.69 Å². The van der Waals surface area contributed by atoms with E-state index in [-0.39, 0.29) is 18.0 Å². The molecule has 28 heavy (non-hydrogen) atoms. The zero-order valence-electron chi connectivity index (χ0n) is 16.0. The predicted octanol–water partition coefficient (Wildman–Crippen LogP) is 3.62. The van der Waals surface area contributed by atoms with E-state index in [4.69, 9.17) is 4.74 Å². The number of carbonyl (C=O) groups excluding carboxylic acids is 1. The Balaban J connectivity index is 1.59. The molecule has 0 saturated heterocycles. The largest absolute Gasteiger partial charge is 0.492 e. The van der Waals surface area contributed by atoms with Gasteiger partial charge in [0.1, 0.15) is 17.1 Å². The van der Waals surface area contributed by atoms with E-state index < -0.39 is 0 Å². The van der Waals surface area contributed by atoms with E-state index in [1.807, 2.05) is 19.1 Å². The van der Waals surface area contributed by atoms with Crippen LogP contribution in [0.15, 0.2) is 35.4 Å². The third-order valence-electron chi connectivity index (χ3n) is 5.06. The number of nitrogens with zero attached hydrogens (tertiary/aromatic N) is 2. The summed E-state index contributed by atoms with van der Waals surface area (Å²) in [6.45, 7) is 4.56. The third-order valence-corrected chi connectivity index (χ3v) is 6.22. The Morgan fingerprint density at radius 1 is 1.39 bits per heavy atom. The molecule has 6 nitrogen and oxygen atoms in total. The lowest BCUT2D eigenvalue weighted by molar-refractivity contribution is -0.116. The van der Waals surface area contributed by atoms with Gasteiger partial charge in [-0.25, -0.2) is 4.98 Å². The second-order valence-electron chi connectivity index (χ2n) is 7.19. The molecule has 2 aromatic heterocycles. The number of hydrogen-bond donors (Lipinski definition) is 1. The number of fused-ring (bicyclic) bond motifs is 3. The summed E-state index contributed by atoms with van der Waals surface area (Å²) in [7, 11) is 0. The molecule has 1 aliphatic carbocycles. The van der Waals surface area contributed by atoms with Crippen LogP contribution in [-0.2, 0) is 24.2 Å². The molecule has 0 radical (unpaired) electrons. The highest BCUT2D eigenvalue weighted by Crippen LogP contribution is 2.35. The zero-order valence-corrected chi connectivity index (χ0v) is 16.8. The summed E-state index contributed by atoms with van der Waals surface area (Å²) < 4.78 is 6.93. The van der Waals surface area contributed by atoms with Crippen LogP contribution >= 0.6 is 11.3 Å². The SMILES string of the molecule is CCOc1ccccc1NC(=O)Cn1cnc2sc3c(c2c1=O)CC[C@@H](C)C3. The number of ether oxygens (including phenoxy) is 1. The normalized spacial score (nSPS) is 16.0. The Morgan fingerprint density at radius 2 is 2.21 bits per heavy atom. The smallest absolute Gasteiger partial charge is 0.262 e. The minimum Gasteiger partial charge on any atom is -0.492 e. The average molecular weight is 398 g/mol. The van der Waals surface area contributed by atoms with Crippen LogP contribution in [0.3, 0.4) is 0 Å². The van der Waals surface area contributed by atoms with Gasteiger partial charge in [0.2, 0.25) is 5.91 Å². The van der Waals surface area contributed by atoms with Gasteiger partial charge in [-0.15, -0.1) is 11.3 Å². The average Bonchev–Trinajstić information content (AvgIpc) is 3.04. The Morgan fingerprint density at radius 3 is 3.04 bits per heavy atom. The van der Waals surface area contributed by atoms with Crippen LogP contribution in [-0.4, -0.2) is 22.1 Å². The monoisotopic (exact) mass is 397 g/mol. The maximum absolute atomic E-state index is 13.0. The van der Waals surface area contributed by atoms with E-state index in [1.54, 1.807) is 23.5 Å². The molecule has 1 aliphatic rings. The maximum Gasteiger partial charge on any atom is 0.262 e. The molecule has 0 saturated carbocycles. The molecule has 0 fully saturated rings. The zero-order chi connectivity index (χ0) is 19.7.